The summed E-state index contributed by atoms with van der Waals surface area (Å²) in [4.78, 5) is 15.5. The Kier molecular flexibility index (Phi) is 19.0. The molecule has 0 aliphatic heterocycles. The van der Waals surface area contributed by atoms with Gasteiger partial charge in [0.2, 0.25) is 0 Å². The Bertz CT molecular complexity index is 1360. The first kappa shape index (κ1) is 50.6. The molecule has 0 radical (unpaired) electrons. The van der Waals surface area contributed by atoms with Crippen LogP contribution < -0.4 is 0 Å². The van der Waals surface area contributed by atoms with Crippen LogP contribution in [0.5, 0.6) is 0 Å². The molecule has 0 aromatic carbocycles. The average molecular weight is 808 g/mol. The van der Waals surface area contributed by atoms with E-state index in [2.05, 4.69) is 140 Å². The number of oxazole rings is 1. The lowest BCUT2D eigenvalue weighted by Crippen LogP contribution is -2.50. The van der Waals surface area contributed by atoms with E-state index in [9.17, 15) is 9.90 Å². The quantitative estimate of drug-likeness (QED) is 0.0744. The smallest absolute Gasteiger partial charge is 0.200 e. The van der Waals surface area contributed by atoms with Crippen LogP contribution >= 0.6 is 0 Å². The summed E-state index contributed by atoms with van der Waals surface area (Å²) in [7, 11) is -4.51. The number of carbonyl (C=O) groups is 1. The molecule has 1 N–H and O–H groups in total. The number of aromatic nitrogens is 1. The SMILES string of the molecule is CO[C@H](C[C@H](/C=C/C=C/C=C\[C@H](C)[C@H](O)[C@@H](C)[C@H](C[C@@H](C)O[Si](C)(C)C(C)(C)C)O[Si](C)(C)C(C)(C)C)O[Si](C)(C)C(C)(C)C)[C@@H](C)c1nc(C=O)co1. The number of nitrogens with zero attached hydrogens (tertiary/aromatic N) is 1. The minimum absolute atomic E-state index is 0.0276. The fourth-order valence-electron chi connectivity index (χ4n) is 5.53. The lowest BCUT2D eigenvalue weighted by Gasteiger charge is -2.44. The zero-order chi connectivity index (χ0) is 42.1. The number of rotatable bonds is 21. The van der Waals surface area contributed by atoms with Crippen molar-refractivity contribution in [3.63, 3.8) is 0 Å². The van der Waals surface area contributed by atoms with Gasteiger partial charge in [-0.1, -0.05) is 120 Å². The number of methoxy groups -OCH3 is 1. The van der Waals surface area contributed by atoms with E-state index in [-0.39, 0.29) is 63.0 Å². The topological polar surface area (TPSA) is 100 Å². The maximum Gasteiger partial charge on any atom is 0.200 e. The van der Waals surface area contributed by atoms with Crippen LogP contribution in [0.15, 0.2) is 47.1 Å². The van der Waals surface area contributed by atoms with Crippen LogP contribution in [0.25, 0.3) is 0 Å². The van der Waals surface area contributed by atoms with Crippen molar-refractivity contribution in [3.05, 3.63) is 54.3 Å². The molecule has 0 saturated carbocycles. The highest BCUT2D eigenvalue weighted by atomic mass is 28.4. The third kappa shape index (κ3) is 15.1. The molecule has 1 heterocycles. The number of aldehydes is 1. The largest absolute Gasteiger partial charge is 0.448 e. The number of hydrogen-bond acceptors (Lipinski definition) is 8. The van der Waals surface area contributed by atoms with Crippen LogP contribution in [0.2, 0.25) is 54.4 Å². The van der Waals surface area contributed by atoms with Gasteiger partial charge in [-0.3, -0.25) is 4.79 Å². The van der Waals surface area contributed by atoms with Crippen LogP contribution in [-0.2, 0) is 18.0 Å². The molecule has 0 amide bonds. The Morgan fingerprint density at radius 3 is 1.67 bits per heavy atom. The molecule has 0 unspecified atom stereocenters. The summed E-state index contributed by atoms with van der Waals surface area (Å²) in [5, 5.41) is 11.9. The minimum Gasteiger partial charge on any atom is -0.448 e. The highest BCUT2D eigenvalue weighted by Crippen LogP contribution is 2.42. The summed E-state index contributed by atoms with van der Waals surface area (Å²) in [6.45, 7) is 42.3. The van der Waals surface area contributed by atoms with Gasteiger partial charge in [0.1, 0.15) is 12.0 Å². The Balaban J connectivity index is 3.18. The summed E-state index contributed by atoms with van der Waals surface area (Å²) >= 11 is 0. The summed E-state index contributed by atoms with van der Waals surface area (Å²) in [5.74, 6) is 0.140. The van der Waals surface area contributed by atoms with Gasteiger partial charge >= 0.3 is 0 Å². The molecule has 1 rings (SSSR count). The fourth-order valence-corrected chi connectivity index (χ4v) is 9.69. The van der Waals surface area contributed by atoms with E-state index in [1.165, 1.54) is 6.26 Å². The molecular weight excluding hydrogens is 727 g/mol. The summed E-state index contributed by atoms with van der Waals surface area (Å²) < 4.78 is 32.2. The molecule has 1 aromatic rings. The fraction of sp³-hybridized carbons (Fsp3) is 0.767. The molecule has 8 nitrogen and oxygen atoms in total. The van der Waals surface area contributed by atoms with E-state index in [1.807, 2.05) is 31.2 Å². The van der Waals surface area contributed by atoms with E-state index < -0.39 is 31.1 Å². The molecular formula is C43H81NO7Si3. The van der Waals surface area contributed by atoms with Crippen molar-refractivity contribution in [1.82, 2.24) is 4.98 Å². The molecule has 0 fully saturated rings. The van der Waals surface area contributed by atoms with Gasteiger partial charge in [0.15, 0.2) is 37.1 Å². The summed E-state index contributed by atoms with van der Waals surface area (Å²) in [6.07, 6.45) is 14.5. The van der Waals surface area contributed by atoms with Gasteiger partial charge in [0.25, 0.3) is 0 Å². The van der Waals surface area contributed by atoms with Gasteiger partial charge in [-0.2, -0.15) is 0 Å². The van der Waals surface area contributed by atoms with Crippen molar-refractivity contribution in [1.29, 1.82) is 0 Å². The lowest BCUT2D eigenvalue weighted by atomic mass is 9.87. The second-order valence-electron chi connectivity index (χ2n) is 20.1. The molecule has 0 bridgehead atoms. The number of hydrogen-bond donors (Lipinski definition) is 1. The Hall–Kier alpha value is -1.45. The Morgan fingerprint density at radius 2 is 1.20 bits per heavy atom. The molecule has 0 saturated heterocycles. The number of ether oxygens (including phenoxy) is 1. The van der Waals surface area contributed by atoms with Gasteiger partial charge in [0, 0.05) is 31.5 Å². The first-order valence-electron chi connectivity index (χ1n) is 20.1. The molecule has 8 atom stereocenters. The van der Waals surface area contributed by atoms with E-state index in [0.717, 1.165) is 6.42 Å². The number of aliphatic hydroxyl groups excluding tert-OH is 1. The van der Waals surface area contributed by atoms with E-state index in [1.54, 1.807) is 7.11 Å². The summed E-state index contributed by atoms with van der Waals surface area (Å²) in [6, 6.07) is 0. The first-order chi connectivity index (χ1) is 24.4. The van der Waals surface area contributed by atoms with Crippen molar-refractivity contribution >= 4 is 31.2 Å². The average Bonchev–Trinajstić information content (AvgIpc) is 3.51. The highest BCUT2D eigenvalue weighted by Gasteiger charge is 2.44. The van der Waals surface area contributed by atoms with Gasteiger partial charge in [-0.25, -0.2) is 4.98 Å². The zero-order valence-corrected chi connectivity index (χ0v) is 41.0. The van der Waals surface area contributed by atoms with Gasteiger partial charge in [-0.15, -0.1) is 0 Å². The normalized spacial score (nSPS) is 18.9. The molecule has 312 valence electrons. The lowest BCUT2D eigenvalue weighted by molar-refractivity contribution is -0.00843. The summed E-state index contributed by atoms with van der Waals surface area (Å²) in [5.41, 5.74) is 0.274. The van der Waals surface area contributed by atoms with E-state index in [0.29, 0.717) is 18.6 Å². The molecule has 11 heteroatoms. The minimum atomic E-state index is -2.12. The third-order valence-electron chi connectivity index (χ3n) is 12.5. The van der Waals surface area contributed by atoms with Crippen LogP contribution in [0, 0.1) is 11.8 Å². The molecule has 0 spiro atoms. The standard InChI is InChI=1S/C43H81NO7Si3/c1-31(39(46)33(3)38(51-54(19,20)43(11,12)13)27-32(2)49-52(15,16)41(5,6)7)25-23-21-22-24-26-36(50-53(17,18)42(8,9)10)28-37(47-14)34(4)40-44-35(29-45)30-48-40/h21-26,29-34,36-39,46H,27-28H2,1-20H3/b22-21+,25-23-,26-24+/t31-,32+,33-,34+,36-,37+,38-,39-/m0/s1. The van der Waals surface area contributed by atoms with Crippen molar-refractivity contribution in [3.8, 4) is 0 Å². The molecule has 1 aromatic heterocycles. The van der Waals surface area contributed by atoms with Crippen LogP contribution in [-0.4, -0.2) is 79.0 Å². The second kappa shape index (κ2) is 20.3. The maximum atomic E-state index is 11.7. The number of carbonyl (C=O) groups excluding carboxylic acids is 1. The monoisotopic (exact) mass is 808 g/mol. The predicted octanol–water partition coefficient (Wildman–Crippen LogP) is 11.9. The Morgan fingerprint density at radius 1 is 0.722 bits per heavy atom. The molecule has 0 aliphatic rings. The maximum absolute atomic E-state index is 11.7. The molecule has 54 heavy (non-hydrogen) atoms. The van der Waals surface area contributed by atoms with Crippen LogP contribution in [0.3, 0.4) is 0 Å². The highest BCUT2D eigenvalue weighted by molar-refractivity contribution is 6.75. The Labute approximate surface area is 334 Å². The predicted molar refractivity (Wildman–Crippen MR) is 234 cm³/mol. The number of allylic oxidation sites excluding steroid dienone is 4. The number of aliphatic hydroxyl groups is 1. The van der Waals surface area contributed by atoms with Gasteiger partial charge < -0.3 is 27.5 Å². The van der Waals surface area contributed by atoms with Crippen molar-refractivity contribution in [2.45, 2.75) is 194 Å². The van der Waals surface area contributed by atoms with Crippen molar-refractivity contribution < 1.29 is 32.3 Å². The van der Waals surface area contributed by atoms with Gasteiger partial charge in [0.05, 0.1) is 30.3 Å². The van der Waals surface area contributed by atoms with E-state index in [4.69, 9.17) is 22.4 Å². The van der Waals surface area contributed by atoms with Crippen LogP contribution in [0.4, 0.5) is 0 Å². The molecule has 0 aliphatic carbocycles. The first-order valence-corrected chi connectivity index (χ1v) is 28.8. The second-order valence-corrected chi connectivity index (χ2v) is 34.4. The van der Waals surface area contributed by atoms with Crippen molar-refractivity contribution in [2.24, 2.45) is 11.8 Å². The van der Waals surface area contributed by atoms with Crippen molar-refractivity contribution in [2.75, 3.05) is 7.11 Å². The zero-order valence-electron chi connectivity index (χ0n) is 38.0. The van der Waals surface area contributed by atoms with Crippen LogP contribution in [0.1, 0.15) is 125 Å². The van der Waals surface area contributed by atoms with Gasteiger partial charge in [-0.05, 0) is 67.7 Å². The third-order valence-corrected chi connectivity index (χ3v) is 26.1. The van der Waals surface area contributed by atoms with E-state index >= 15 is 0 Å².